The molecule has 1 aromatic carbocycles. The van der Waals surface area contributed by atoms with E-state index in [1.165, 1.54) is 22.4 Å². The van der Waals surface area contributed by atoms with Crippen LogP contribution in [0.1, 0.15) is 51.0 Å². The van der Waals surface area contributed by atoms with E-state index in [4.69, 9.17) is 9.47 Å². The van der Waals surface area contributed by atoms with E-state index in [2.05, 4.69) is 0 Å². The number of fused-ring (bicyclic) bond motifs is 1. The summed E-state index contributed by atoms with van der Waals surface area (Å²) < 4.78 is 38.7. The lowest BCUT2D eigenvalue weighted by Crippen LogP contribution is -2.40. The first-order chi connectivity index (χ1) is 16.3. The van der Waals surface area contributed by atoms with Crippen LogP contribution in [0.15, 0.2) is 23.1 Å². The molecule has 2 saturated heterocycles. The minimum absolute atomic E-state index is 0.00130. The number of rotatable bonds is 7. The van der Waals surface area contributed by atoms with Crippen molar-refractivity contribution in [3.63, 3.8) is 0 Å². The molecule has 2 aliphatic heterocycles. The van der Waals surface area contributed by atoms with Crippen molar-refractivity contribution in [3.8, 4) is 5.75 Å². The van der Waals surface area contributed by atoms with Crippen LogP contribution in [0, 0.1) is 17.8 Å². The summed E-state index contributed by atoms with van der Waals surface area (Å²) in [4.78, 5) is 39.0. The number of likely N-dealkylation sites (tertiary alicyclic amines) is 1. The Balaban J connectivity index is 1.53. The van der Waals surface area contributed by atoms with Crippen molar-refractivity contribution in [1.82, 2.24) is 9.21 Å². The van der Waals surface area contributed by atoms with Crippen LogP contribution in [0.5, 0.6) is 5.75 Å². The molecule has 9 nitrogen and oxygen atoms in total. The maximum Gasteiger partial charge on any atom is 0.309 e. The largest absolute Gasteiger partial charge is 0.495 e. The highest BCUT2D eigenvalue weighted by Gasteiger charge is 2.48. The molecule has 186 valence electrons. The zero-order valence-corrected chi connectivity index (χ0v) is 20.5. The van der Waals surface area contributed by atoms with Gasteiger partial charge in [0.1, 0.15) is 10.6 Å². The number of imide groups is 1. The van der Waals surface area contributed by atoms with E-state index in [1.54, 1.807) is 19.1 Å². The summed E-state index contributed by atoms with van der Waals surface area (Å²) in [6, 6.07) is 4.74. The van der Waals surface area contributed by atoms with E-state index < -0.39 is 10.0 Å². The summed E-state index contributed by atoms with van der Waals surface area (Å²) in [6.45, 7) is 2.48. The van der Waals surface area contributed by atoms with Crippen molar-refractivity contribution in [2.45, 2.75) is 56.9 Å². The first-order valence-electron chi connectivity index (χ1n) is 12.0. The molecule has 4 rings (SSSR count). The SMILES string of the molecule is CCOC(=O)C1CCN(S(=O)(=O)c2cc(CN3C(=O)[C@@H]4CCCC[C@H]4C3=O)ccc2OC)CC1. The average Bonchev–Trinajstić information content (AvgIpc) is 3.09. The number of methoxy groups -OCH3 is 1. The molecule has 0 N–H and O–H groups in total. The van der Waals surface area contributed by atoms with E-state index in [1.807, 2.05) is 0 Å². The van der Waals surface area contributed by atoms with Crippen molar-refractivity contribution in [2.75, 3.05) is 26.8 Å². The fourth-order valence-electron chi connectivity index (χ4n) is 5.32. The summed E-state index contributed by atoms with van der Waals surface area (Å²) in [7, 11) is -2.50. The van der Waals surface area contributed by atoms with Gasteiger partial charge in [0, 0.05) is 13.1 Å². The van der Waals surface area contributed by atoms with Gasteiger partial charge in [0.25, 0.3) is 0 Å². The van der Waals surface area contributed by atoms with Gasteiger partial charge in [-0.15, -0.1) is 0 Å². The molecule has 3 aliphatic rings. The molecule has 0 unspecified atom stereocenters. The van der Waals surface area contributed by atoms with Crippen molar-refractivity contribution in [2.24, 2.45) is 17.8 Å². The standard InChI is InChI=1S/C24H32N2O7S/c1-3-33-24(29)17-10-12-25(13-11-17)34(30,31)21-14-16(8-9-20(21)32-2)15-26-22(27)18-6-4-5-7-19(18)23(26)28/h8-9,14,17-19H,3-7,10-13,15H2,1-2H3/t18-,19-/m1/s1. The summed E-state index contributed by atoms with van der Waals surface area (Å²) in [6.07, 6.45) is 4.14. The number of nitrogens with zero attached hydrogens (tertiary/aromatic N) is 2. The van der Waals surface area contributed by atoms with Crippen LogP contribution in [0.25, 0.3) is 0 Å². The van der Waals surface area contributed by atoms with Crippen molar-refractivity contribution < 1.29 is 32.3 Å². The third-order valence-corrected chi connectivity index (χ3v) is 9.11. The fraction of sp³-hybridized carbons (Fsp3) is 0.625. The lowest BCUT2D eigenvalue weighted by molar-refractivity contribution is -0.149. The Kier molecular flexibility index (Phi) is 7.28. The molecule has 2 amide bonds. The van der Waals surface area contributed by atoms with Crippen molar-refractivity contribution >= 4 is 27.8 Å². The number of carbonyl (C=O) groups excluding carboxylic acids is 3. The van der Waals surface area contributed by atoms with Crippen molar-refractivity contribution in [3.05, 3.63) is 23.8 Å². The molecule has 2 atom stereocenters. The van der Waals surface area contributed by atoms with Gasteiger partial charge in [-0.25, -0.2) is 8.42 Å². The highest BCUT2D eigenvalue weighted by atomic mass is 32.2. The van der Waals surface area contributed by atoms with Crippen LogP contribution in [0.3, 0.4) is 0 Å². The zero-order chi connectivity index (χ0) is 24.5. The minimum atomic E-state index is -3.90. The second-order valence-electron chi connectivity index (χ2n) is 9.18. The predicted molar refractivity (Wildman–Crippen MR) is 122 cm³/mol. The monoisotopic (exact) mass is 492 g/mol. The molecular formula is C24H32N2O7S. The third kappa shape index (κ3) is 4.57. The number of esters is 1. The van der Waals surface area contributed by atoms with Crippen LogP contribution in [0.4, 0.5) is 0 Å². The molecule has 34 heavy (non-hydrogen) atoms. The van der Waals surface area contributed by atoms with E-state index >= 15 is 0 Å². The number of piperidine rings is 1. The Bertz CT molecular complexity index is 1040. The molecule has 0 spiro atoms. The van der Waals surface area contributed by atoms with Crippen LogP contribution in [-0.4, -0.2) is 62.2 Å². The van der Waals surface area contributed by atoms with Crippen molar-refractivity contribution in [1.29, 1.82) is 0 Å². The second-order valence-corrected chi connectivity index (χ2v) is 11.1. The van der Waals surface area contributed by atoms with Crippen LogP contribution in [0.2, 0.25) is 0 Å². The Labute approximate surface area is 200 Å². The average molecular weight is 493 g/mol. The highest BCUT2D eigenvalue weighted by molar-refractivity contribution is 7.89. The van der Waals surface area contributed by atoms with Gasteiger partial charge in [0.05, 0.1) is 38.0 Å². The molecule has 0 aromatic heterocycles. The Morgan fingerprint density at radius 2 is 1.65 bits per heavy atom. The number of carbonyl (C=O) groups is 3. The highest BCUT2D eigenvalue weighted by Crippen LogP contribution is 2.39. The molecular weight excluding hydrogens is 460 g/mol. The molecule has 0 bridgehead atoms. The van der Waals surface area contributed by atoms with Gasteiger partial charge in [0.15, 0.2) is 0 Å². The lowest BCUT2D eigenvalue weighted by Gasteiger charge is -2.30. The maximum absolute atomic E-state index is 13.5. The summed E-state index contributed by atoms with van der Waals surface area (Å²) in [5.41, 5.74) is 0.557. The number of amides is 2. The number of benzene rings is 1. The Hall–Kier alpha value is -2.46. The van der Waals surface area contributed by atoms with E-state index in [-0.39, 0.29) is 65.8 Å². The minimum Gasteiger partial charge on any atom is -0.495 e. The summed E-state index contributed by atoms with van der Waals surface area (Å²) >= 11 is 0. The summed E-state index contributed by atoms with van der Waals surface area (Å²) in [5, 5.41) is 0. The van der Waals surface area contributed by atoms with Gasteiger partial charge >= 0.3 is 5.97 Å². The van der Waals surface area contributed by atoms with E-state index in [9.17, 15) is 22.8 Å². The first-order valence-corrected chi connectivity index (χ1v) is 13.4. The fourth-order valence-corrected chi connectivity index (χ4v) is 7.00. The first kappa shape index (κ1) is 24.7. The smallest absolute Gasteiger partial charge is 0.309 e. The third-order valence-electron chi connectivity index (χ3n) is 7.19. The topological polar surface area (TPSA) is 110 Å². The van der Waals surface area contributed by atoms with E-state index in [0.717, 1.165) is 25.7 Å². The normalized spacial score (nSPS) is 24.2. The quantitative estimate of drug-likeness (QED) is 0.424. The molecule has 2 heterocycles. The summed E-state index contributed by atoms with van der Waals surface area (Å²) in [5.74, 6) is -1.21. The van der Waals surface area contributed by atoms with Crippen LogP contribution >= 0.6 is 0 Å². The number of hydrogen-bond donors (Lipinski definition) is 0. The van der Waals surface area contributed by atoms with Gasteiger partial charge in [-0.3, -0.25) is 19.3 Å². The second kappa shape index (κ2) is 10.0. The molecule has 0 radical (unpaired) electrons. The lowest BCUT2D eigenvalue weighted by atomic mass is 9.81. The maximum atomic E-state index is 13.5. The number of hydrogen-bond acceptors (Lipinski definition) is 7. The zero-order valence-electron chi connectivity index (χ0n) is 19.7. The molecule has 3 fully saturated rings. The Morgan fingerprint density at radius 3 is 2.21 bits per heavy atom. The van der Waals surface area contributed by atoms with Gasteiger partial charge in [0.2, 0.25) is 21.8 Å². The number of sulfonamides is 1. The van der Waals surface area contributed by atoms with E-state index in [0.29, 0.717) is 25.0 Å². The Morgan fingerprint density at radius 1 is 1.03 bits per heavy atom. The van der Waals surface area contributed by atoms with Gasteiger partial charge < -0.3 is 9.47 Å². The predicted octanol–water partition coefficient (Wildman–Crippen LogP) is 2.33. The molecule has 1 aliphatic carbocycles. The van der Waals surface area contributed by atoms with Gasteiger partial charge in [-0.05, 0) is 50.3 Å². The van der Waals surface area contributed by atoms with Crippen LogP contribution in [-0.2, 0) is 35.7 Å². The molecule has 10 heteroatoms. The number of ether oxygens (including phenoxy) is 2. The molecule has 1 saturated carbocycles. The van der Waals surface area contributed by atoms with Gasteiger partial charge in [-0.1, -0.05) is 18.9 Å². The van der Waals surface area contributed by atoms with Gasteiger partial charge in [-0.2, -0.15) is 4.31 Å². The van der Waals surface area contributed by atoms with Crippen LogP contribution < -0.4 is 4.74 Å². The molecule has 1 aromatic rings.